The number of nitrogens with zero attached hydrogens (tertiary/aromatic N) is 2. The van der Waals surface area contributed by atoms with Crippen molar-refractivity contribution in [3.63, 3.8) is 0 Å². The zero-order valence-electron chi connectivity index (χ0n) is 19.8. The van der Waals surface area contributed by atoms with Crippen LogP contribution >= 0.6 is 11.3 Å². The smallest absolute Gasteiger partial charge is 0.244 e. The average molecular weight is 467 g/mol. The van der Waals surface area contributed by atoms with Crippen molar-refractivity contribution in [2.75, 3.05) is 18.8 Å². The van der Waals surface area contributed by atoms with Gasteiger partial charge in [0.1, 0.15) is 0 Å². The van der Waals surface area contributed by atoms with Gasteiger partial charge in [0, 0.05) is 23.0 Å². The SMILES string of the molecule is CCCN(CCC1CCC(NC(=O)C=Cc2ccccc2)CC1)C1CCc2nc(N)sc2C1. The number of nitrogens with two attached hydrogens (primary N) is 1. The van der Waals surface area contributed by atoms with Gasteiger partial charge < -0.3 is 16.0 Å². The fourth-order valence-electron chi connectivity index (χ4n) is 5.38. The van der Waals surface area contributed by atoms with Gasteiger partial charge in [-0.1, -0.05) is 37.3 Å². The van der Waals surface area contributed by atoms with E-state index in [1.54, 1.807) is 17.4 Å². The number of nitrogens with one attached hydrogen (secondary N) is 1. The Morgan fingerprint density at radius 3 is 2.73 bits per heavy atom. The summed E-state index contributed by atoms with van der Waals surface area (Å²) in [6.45, 7) is 4.64. The number of fused-ring (bicyclic) bond motifs is 1. The molecule has 0 radical (unpaired) electrons. The maximum atomic E-state index is 12.3. The van der Waals surface area contributed by atoms with E-state index >= 15 is 0 Å². The first-order chi connectivity index (χ1) is 16.1. The molecule has 1 amide bonds. The summed E-state index contributed by atoms with van der Waals surface area (Å²) >= 11 is 1.68. The zero-order chi connectivity index (χ0) is 23.0. The van der Waals surface area contributed by atoms with Crippen molar-refractivity contribution in [3.8, 4) is 0 Å². The Morgan fingerprint density at radius 2 is 1.97 bits per heavy atom. The molecule has 1 unspecified atom stereocenters. The minimum absolute atomic E-state index is 0.0248. The van der Waals surface area contributed by atoms with Gasteiger partial charge in [-0.3, -0.25) is 4.79 Å². The van der Waals surface area contributed by atoms with Crippen molar-refractivity contribution < 1.29 is 4.79 Å². The van der Waals surface area contributed by atoms with Crippen LogP contribution in [0.4, 0.5) is 5.13 Å². The number of amides is 1. The molecule has 1 atom stereocenters. The van der Waals surface area contributed by atoms with Crippen molar-refractivity contribution in [3.05, 3.63) is 52.5 Å². The minimum Gasteiger partial charge on any atom is -0.375 e. The molecule has 6 heteroatoms. The molecule has 0 spiro atoms. The summed E-state index contributed by atoms with van der Waals surface area (Å²) in [6.07, 6.45) is 14.0. The van der Waals surface area contributed by atoms with Gasteiger partial charge in [-0.05, 0) is 88.4 Å². The standard InChI is InChI=1S/C27H38N4OS/c1-2-17-31(23-13-14-24-25(19-23)33-27(28)30-24)18-16-21-8-11-22(12-9-21)29-26(32)15-10-20-6-4-3-5-7-20/h3-7,10,15,21-23H,2,8-9,11-14,16-19H2,1H3,(H2,28,30)(H,29,32). The number of hydrogen-bond acceptors (Lipinski definition) is 5. The largest absolute Gasteiger partial charge is 0.375 e. The Hall–Kier alpha value is -2.18. The highest BCUT2D eigenvalue weighted by atomic mass is 32.1. The Kier molecular flexibility index (Phi) is 8.57. The average Bonchev–Trinajstić information content (AvgIpc) is 3.21. The van der Waals surface area contributed by atoms with E-state index in [2.05, 4.69) is 22.1 Å². The van der Waals surface area contributed by atoms with Crippen LogP contribution in [0.25, 0.3) is 6.08 Å². The molecule has 2 aliphatic carbocycles. The van der Waals surface area contributed by atoms with Gasteiger partial charge in [0.2, 0.25) is 5.91 Å². The monoisotopic (exact) mass is 466 g/mol. The van der Waals surface area contributed by atoms with Crippen LogP contribution < -0.4 is 11.1 Å². The Bertz CT molecular complexity index is 917. The van der Waals surface area contributed by atoms with Crippen molar-refractivity contribution in [1.82, 2.24) is 15.2 Å². The van der Waals surface area contributed by atoms with E-state index in [0.29, 0.717) is 12.1 Å². The molecule has 33 heavy (non-hydrogen) atoms. The van der Waals surface area contributed by atoms with Crippen molar-refractivity contribution in [2.45, 2.75) is 76.8 Å². The van der Waals surface area contributed by atoms with Crippen LogP contribution in [-0.2, 0) is 17.6 Å². The third kappa shape index (κ3) is 6.90. The first-order valence-corrected chi connectivity index (χ1v) is 13.4. The van der Waals surface area contributed by atoms with Crippen molar-refractivity contribution >= 4 is 28.5 Å². The van der Waals surface area contributed by atoms with E-state index in [9.17, 15) is 4.79 Å². The van der Waals surface area contributed by atoms with Crippen molar-refractivity contribution in [1.29, 1.82) is 0 Å². The Morgan fingerprint density at radius 1 is 1.18 bits per heavy atom. The predicted octanol–water partition coefficient (Wildman–Crippen LogP) is 5.07. The van der Waals surface area contributed by atoms with Gasteiger partial charge in [0.25, 0.3) is 0 Å². The number of aromatic nitrogens is 1. The predicted molar refractivity (Wildman–Crippen MR) is 138 cm³/mol. The van der Waals surface area contributed by atoms with E-state index < -0.39 is 0 Å². The number of carbonyl (C=O) groups excluding carboxylic acids is 1. The number of thiazole rings is 1. The lowest BCUT2D eigenvalue weighted by Crippen LogP contribution is -2.41. The fraction of sp³-hybridized carbons (Fsp3) is 0.556. The molecule has 4 rings (SSSR count). The topological polar surface area (TPSA) is 71.2 Å². The molecule has 2 aliphatic rings. The molecule has 2 aromatic rings. The van der Waals surface area contributed by atoms with Crippen LogP contribution in [0.3, 0.4) is 0 Å². The van der Waals surface area contributed by atoms with E-state index in [1.165, 1.54) is 55.8 Å². The summed E-state index contributed by atoms with van der Waals surface area (Å²) in [7, 11) is 0. The summed E-state index contributed by atoms with van der Waals surface area (Å²) in [5, 5.41) is 3.93. The molecule has 1 saturated carbocycles. The summed E-state index contributed by atoms with van der Waals surface area (Å²) in [5.41, 5.74) is 8.24. The summed E-state index contributed by atoms with van der Waals surface area (Å²) in [6, 6.07) is 10.9. The number of hydrogen-bond donors (Lipinski definition) is 2. The summed E-state index contributed by atoms with van der Waals surface area (Å²) < 4.78 is 0. The lowest BCUT2D eigenvalue weighted by molar-refractivity contribution is -0.117. The lowest BCUT2D eigenvalue weighted by atomic mass is 9.83. The molecule has 3 N–H and O–H groups in total. The molecule has 0 aliphatic heterocycles. The van der Waals surface area contributed by atoms with E-state index in [4.69, 9.17) is 5.73 Å². The fourth-order valence-corrected chi connectivity index (χ4v) is 6.33. The number of anilines is 1. The van der Waals surface area contributed by atoms with Crippen LogP contribution in [0.5, 0.6) is 0 Å². The van der Waals surface area contributed by atoms with Gasteiger partial charge in [-0.15, -0.1) is 11.3 Å². The first-order valence-electron chi connectivity index (χ1n) is 12.6. The molecule has 1 heterocycles. The number of rotatable bonds is 9. The number of carbonyl (C=O) groups is 1. The highest BCUT2D eigenvalue weighted by Crippen LogP contribution is 2.32. The number of aryl methyl sites for hydroxylation is 1. The molecule has 1 aromatic carbocycles. The Labute approximate surface area is 202 Å². The Balaban J connectivity index is 1.19. The van der Waals surface area contributed by atoms with E-state index in [-0.39, 0.29) is 5.91 Å². The summed E-state index contributed by atoms with van der Waals surface area (Å²) in [4.78, 5) is 20.9. The maximum absolute atomic E-state index is 12.3. The highest BCUT2D eigenvalue weighted by molar-refractivity contribution is 7.15. The number of nitrogen functional groups attached to an aromatic ring is 1. The molecule has 5 nitrogen and oxygen atoms in total. The lowest BCUT2D eigenvalue weighted by Gasteiger charge is -2.36. The molecule has 0 bridgehead atoms. The van der Waals surface area contributed by atoms with Gasteiger partial charge >= 0.3 is 0 Å². The van der Waals surface area contributed by atoms with Crippen LogP contribution in [0.15, 0.2) is 36.4 Å². The van der Waals surface area contributed by atoms with Crippen LogP contribution in [0.2, 0.25) is 0 Å². The third-order valence-electron chi connectivity index (χ3n) is 7.20. The molecule has 1 fully saturated rings. The van der Waals surface area contributed by atoms with Gasteiger partial charge in [0.15, 0.2) is 5.13 Å². The van der Waals surface area contributed by atoms with Crippen LogP contribution in [-0.4, -0.2) is 41.0 Å². The van der Waals surface area contributed by atoms with Gasteiger partial charge in [-0.25, -0.2) is 4.98 Å². The molecule has 178 valence electrons. The highest BCUT2D eigenvalue weighted by Gasteiger charge is 2.28. The quantitative estimate of drug-likeness (QED) is 0.506. The number of benzene rings is 1. The van der Waals surface area contributed by atoms with Crippen LogP contribution in [0, 0.1) is 5.92 Å². The minimum atomic E-state index is 0.0248. The van der Waals surface area contributed by atoms with Gasteiger partial charge in [-0.2, -0.15) is 0 Å². The van der Waals surface area contributed by atoms with E-state index in [0.717, 1.165) is 42.3 Å². The normalized spacial score (nSPS) is 23.0. The van der Waals surface area contributed by atoms with Gasteiger partial charge in [0.05, 0.1) is 5.69 Å². The molecular formula is C27H38N4OS. The molecule has 1 aromatic heterocycles. The molecular weight excluding hydrogens is 428 g/mol. The van der Waals surface area contributed by atoms with Crippen LogP contribution in [0.1, 0.15) is 68.0 Å². The second-order valence-electron chi connectivity index (χ2n) is 9.61. The maximum Gasteiger partial charge on any atom is 0.244 e. The zero-order valence-corrected chi connectivity index (χ0v) is 20.7. The molecule has 0 saturated heterocycles. The second kappa shape index (κ2) is 11.8. The third-order valence-corrected chi connectivity index (χ3v) is 8.15. The summed E-state index contributed by atoms with van der Waals surface area (Å²) in [5.74, 6) is 0.798. The first kappa shape index (κ1) is 24.0. The van der Waals surface area contributed by atoms with E-state index in [1.807, 2.05) is 36.4 Å². The second-order valence-corrected chi connectivity index (χ2v) is 10.7. The van der Waals surface area contributed by atoms with Crippen molar-refractivity contribution in [2.24, 2.45) is 5.92 Å².